The van der Waals surface area contributed by atoms with E-state index in [2.05, 4.69) is 11.9 Å². The van der Waals surface area contributed by atoms with Gasteiger partial charge in [0.05, 0.1) is 6.17 Å². The summed E-state index contributed by atoms with van der Waals surface area (Å²) in [5.74, 6) is -0.229. The molecule has 0 radical (unpaired) electrons. The molecule has 82 valence electrons. The van der Waals surface area contributed by atoms with E-state index in [4.69, 9.17) is 13.3 Å². The number of nitrogens with one attached hydrogen (secondary N) is 1. The topological polar surface area (TPSA) is 56.8 Å². The summed E-state index contributed by atoms with van der Waals surface area (Å²) in [6.07, 6.45) is 0.238. The summed E-state index contributed by atoms with van der Waals surface area (Å²) in [6, 6.07) is 0. The lowest BCUT2D eigenvalue weighted by atomic mass is 10.3. The molecular weight excluding hydrogens is 202 g/mol. The number of amides is 1. The normalized spacial score (nSPS) is 11.1. The summed E-state index contributed by atoms with van der Waals surface area (Å²) >= 11 is 0. The first-order chi connectivity index (χ1) is 6.51. The Bertz CT molecular complexity index is 207. The van der Waals surface area contributed by atoms with Gasteiger partial charge in [0, 0.05) is 26.9 Å². The van der Waals surface area contributed by atoms with Gasteiger partial charge in [0.1, 0.15) is 0 Å². The van der Waals surface area contributed by atoms with E-state index in [1.165, 1.54) is 21.3 Å². The molecule has 0 heterocycles. The molecule has 0 aromatic rings. The highest BCUT2D eigenvalue weighted by Gasteiger charge is 2.38. The second-order valence-corrected chi connectivity index (χ2v) is 5.70. The smallest absolute Gasteiger partial charge is 0.376 e. The van der Waals surface area contributed by atoms with Gasteiger partial charge in [-0.15, -0.1) is 0 Å². The first-order valence-electron chi connectivity index (χ1n) is 4.10. The summed E-state index contributed by atoms with van der Waals surface area (Å²) in [5.41, 5.74) is 0.441. The molecule has 1 amide bonds. The summed E-state index contributed by atoms with van der Waals surface area (Å²) in [7, 11) is 1.78. The van der Waals surface area contributed by atoms with E-state index in [1.54, 1.807) is 6.92 Å². The van der Waals surface area contributed by atoms with Gasteiger partial charge in [-0.25, -0.2) is 0 Å². The third-order valence-corrected chi connectivity index (χ3v) is 4.26. The summed E-state index contributed by atoms with van der Waals surface area (Å²) in [6.45, 7) is 5.14. The Labute approximate surface area is 85.4 Å². The number of carbonyl (C=O) groups excluding carboxylic acids is 1. The van der Waals surface area contributed by atoms with Crippen molar-refractivity contribution in [2.24, 2.45) is 0 Å². The largest absolute Gasteiger partial charge is 0.520 e. The monoisotopic (exact) mass is 219 g/mol. The van der Waals surface area contributed by atoms with Crippen LogP contribution in [0.3, 0.4) is 0 Å². The second kappa shape index (κ2) is 5.92. The second-order valence-electron chi connectivity index (χ2n) is 2.76. The lowest BCUT2D eigenvalue weighted by Crippen LogP contribution is -2.53. The van der Waals surface area contributed by atoms with Crippen LogP contribution in [0.1, 0.15) is 6.92 Å². The minimum atomic E-state index is -2.70. The highest BCUT2D eigenvalue weighted by atomic mass is 28.4. The fourth-order valence-corrected chi connectivity index (χ4v) is 2.12. The number of rotatable bonds is 6. The average molecular weight is 219 g/mol. The fourth-order valence-electron chi connectivity index (χ4n) is 0.806. The Morgan fingerprint density at radius 2 is 1.71 bits per heavy atom. The van der Waals surface area contributed by atoms with E-state index in [9.17, 15) is 4.79 Å². The zero-order valence-electron chi connectivity index (χ0n) is 9.05. The third kappa shape index (κ3) is 3.58. The van der Waals surface area contributed by atoms with Crippen LogP contribution in [0.2, 0.25) is 0 Å². The molecule has 1 N–H and O–H groups in total. The van der Waals surface area contributed by atoms with Gasteiger partial charge in [0.15, 0.2) is 0 Å². The zero-order valence-corrected chi connectivity index (χ0v) is 10.0. The maximum absolute atomic E-state index is 11.2. The van der Waals surface area contributed by atoms with E-state index < -0.39 is 8.80 Å². The minimum Gasteiger partial charge on any atom is -0.376 e. The van der Waals surface area contributed by atoms with Crippen molar-refractivity contribution in [1.29, 1.82) is 0 Å². The molecule has 0 aromatic carbocycles. The standard InChI is InChI=1S/C8H17NO4Si/c1-7(2)8(10)9-6-14(11-3,12-4)13-5/h1,6H2,2-5H3,(H,9,10). The predicted octanol–water partition coefficient (Wildman–Crippen LogP) is 0.0960. The van der Waals surface area contributed by atoms with Gasteiger partial charge in [-0.05, 0) is 6.92 Å². The van der Waals surface area contributed by atoms with Crippen molar-refractivity contribution in [3.8, 4) is 0 Å². The average Bonchev–Trinajstić information content (AvgIpc) is 2.20. The number of carbonyl (C=O) groups is 1. The molecule has 0 saturated carbocycles. The van der Waals surface area contributed by atoms with E-state index in [1.807, 2.05) is 0 Å². The van der Waals surface area contributed by atoms with Crippen LogP contribution < -0.4 is 5.32 Å². The molecule has 0 bridgehead atoms. The van der Waals surface area contributed by atoms with Gasteiger partial charge in [0.25, 0.3) is 0 Å². The van der Waals surface area contributed by atoms with Crippen LogP contribution in [0.15, 0.2) is 12.2 Å². The van der Waals surface area contributed by atoms with Crippen LogP contribution in [0.5, 0.6) is 0 Å². The summed E-state index contributed by atoms with van der Waals surface area (Å²) < 4.78 is 15.3. The van der Waals surface area contributed by atoms with E-state index in [0.29, 0.717) is 5.57 Å². The van der Waals surface area contributed by atoms with Crippen molar-refractivity contribution >= 4 is 14.7 Å². The van der Waals surface area contributed by atoms with Crippen molar-refractivity contribution in [3.63, 3.8) is 0 Å². The van der Waals surface area contributed by atoms with Gasteiger partial charge in [-0.2, -0.15) is 0 Å². The summed E-state index contributed by atoms with van der Waals surface area (Å²) in [5, 5.41) is 2.62. The molecule has 0 fully saturated rings. The molecule has 0 spiro atoms. The van der Waals surface area contributed by atoms with E-state index >= 15 is 0 Å². The quantitative estimate of drug-likeness (QED) is 0.508. The summed E-state index contributed by atoms with van der Waals surface area (Å²) in [4.78, 5) is 11.2. The highest BCUT2D eigenvalue weighted by molar-refractivity contribution is 6.61. The van der Waals surface area contributed by atoms with Crippen LogP contribution >= 0.6 is 0 Å². The first-order valence-corrected chi connectivity index (χ1v) is 6.03. The van der Waals surface area contributed by atoms with Crippen LogP contribution in [0.25, 0.3) is 0 Å². The van der Waals surface area contributed by atoms with Crippen molar-refractivity contribution in [2.75, 3.05) is 27.5 Å². The molecule has 5 nitrogen and oxygen atoms in total. The van der Waals surface area contributed by atoms with E-state index in [0.717, 1.165) is 0 Å². The molecule has 0 saturated heterocycles. The van der Waals surface area contributed by atoms with Gasteiger partial charge >= 0.3 is 8.80 Å². The van der Waals surface area contributed by atoms with Crippen LogP contribution in [0, 0.1) is 0 Å². The molecule has 0 aliphatic rings. The Morgan fingerprint density at radius 1 is 1.29 bits per heavy atom. The van der Waals surface area contributed by atoms with Crippen molar-refractivity contribution in [2.45, 2.75) is 6.92 Å². The Kier molecular flexibility index (Phi) is 5.62. The molecule has 0 aliphatic carbocycles. The Balaban J connectivity index is 4.19. The van der Waals surface area contributed by atoms with Crippen LogP contribution in [-0.4, -0.2) is 42.2 Å². The van der Waals surface area contributed by atoms with Crippen molar-refractivity contribution in [3.05, 3.63) is 12.2 Å². The maximum atomic E-state index is 11.2. The molecule has 0 aromatic heterocycles. The Morgan fingerprint density at radius 3 is 2.00 bits per heavy atom. The van der Waals surface area contributed by atoms with Gasteiger partial charge in [-0.3, -0.25) is 4.79 Å². The molecule has 14 heavy (non-hydrogen) atoms. The number of hydrogen-bond acceptors (Lipinski definition) is 4. The highest BCUT2D eigenvalue weighted by Crippen LogP contribution is 2.04. The maximum Gasteiger partial charge on any atom is 0.520 e. The lowest BCUT2D eigenvalue weighted by molar-refractivity contribution is -0.117. The molecule has 0 aliphatic heterocycles. The van der Waals surface area contributed by atoms with Crippen molar-refractivity contribution in [1.82, 2.24) is 5.32 Å². The third-order valence-electron chi connectivity index (χ3n) is 1.79. The predicted molar refractivity (Wildman–Crippen MR) is 54.6 cm³/mol. The van der Waals surface area contributed by atoms with Crippen molar-refractivity contribution < 1.29 is 18.1 Å². The van der Waals surface area contributed by atoms with Gasteiger partial charge in [0.2, 0.25) is 5.91 Å². The SMILES string of the molecule is C=C(C)C(=O)NC[Si](OC)(OC)OC. The van der Waals surface area contributed by atoms with Gasteiger partial charge in [-0.1, -0.05) is 6.58 Å². The molecule has 0 rings (SSSR count). The Hall–Kier alpha value is -0.693. The van der Waals surface area contributed by atoms with Gasteiger partial charge < -0.3 is 18.6 Å². The lowest BCUT2D eigenvalue weighted by Gasteiger charge is -2.24. The number of hydrogen-bond donors (Lipinski definition) is 1. The van der Waals surface area contributed by atoms with Crippen LogP contribution in [0.4, 0.5) is 0 Å². The van der Waals surface area contributed by atoms with Crippen LogP contribution in [-0.2, 0) is 18.1 Å². The molecular formula is C8H17NO4Si. The molecule has 0 unspecified atom stereocenters. The zero-order chi connectivity index (χ0) is 11.2. The molecule has 6 heteroatoms. The first kappa shape index (κ1) is 13.3. The molecule has 0 atom stereocenters. The fraction of sp³-hybridized carbons (Fsp3) is 0.625. The van der Waals surface area contributed by atoms with E-state index in [-0.39, 0.29) is 12.1 Å². The minimum absolute atomic E-state index is 0.229.